The van der Waals surface area contributed by atoms with Gasteiger partial charge in [0.1, 0.15) is 5.69 Å². The van der Waals surface area contributed by atoms with Crippen molar-refractivity contribution in [2.75, 3.05) is 13.1 Å². The Morgan fingerprint density at radius 2 is 2.04 bits per heavy atom. The minimum absolute atomic E-state index is 0.153. The molecule has 1 saturated carbocycles. The highest BCUT2D eigenvalue weighted by molar-refractivity contribution is 5.80. The van der Waals surface area contributed by atoms with Crippen molar-refractivity contribution >= 4 is 5.91 Å². The Kier molecular flexibility index (Phi) is 5.50. The lowest BCUT2D eigenvalue weighted by atomic mass is 9.78. The Hall–Kier alpha value is -2.24. The molecule has 27 heavy (non-hydrogen) atoms. The number of carbonyl (C=O) groups is 1. The van der Waals surface area contributed by atoms with E-state index in [4.69, 9.17) is 4.52 Å². The van der Waals surface area contributed by atoms with Gasteiger partial charge in [-0.2, -0.15) is 4.98 Å². The van der Waals surface area contributed by atoms with Crippen LogP contribution in [-0.4, -0.2) is 39.0 Å². The number of rotatable bonds is 6. The standard InChI is InChI=1S/C21H28N4O2/c1-2-3-6-15-8-10-16(11-9-15)21(26)25-13-17(14-25)20-23-19(24-27-20)18-7-4-5-12-22-18/h4-5,7,12,15-17H,2-3,6,8-11,13-14H2,1H3. The Balaban J connectivity index is 1.26. The summed E-state index contributed by atoms with van der Waals surface area (Å²) >= 11 is 0. The third-order valence-electron chi connectivity index (χ3n) is 6.04. The second-order valence-electron chi connectivity index (χ2n) is 7.97. The van der Waals surface area contributed by atoms with E-state index < -0.39 is 0 Å². The zero-order valence-corrected chi connectivity index (χ0v) is 16.0. The molecule has 0 radical (unpaired) electrons. The number of carbonyl (C=O) groups excluding carboxylic acids is 1. The first-order valence-electron chi connectivity index (χ1n) is 10.3. The van der Waals surface area contributed by atoms with Crippen molar-refractivity contribution in [3.05, 3.63) is 30.3 Å². The zero-order valence-electron chi connectivity index (χ0n) is 16.0. The van der Waals surface area contributed by atoms with Gasteiger partial charge in [0.05, 0.1) is 5.92 Å². The number of amides is 1. The van der Waals surface area contributed by atoms with Crippen LogP contribution < -0.4 is 0 Å². The molecule has 6 heteroatoms. The summed E-state index contributed by atoms with van der Waals surface area (Å²) in [5.74, 6) is 2.66. The SMILES string of the molecule is CCCCC1CCC(C(=O)N2CC(c3nc(-c4ccccn4)no3)C2)CC1. The fourth-order valence-corrected chi connectivity index (χ4v) is 4.26. The third kappa shape index (κ3) is 4.04. The fourth-order valence-electron chi connectivity index (χ4n) is 4.26. The van der Waals surface area contributed by atoms with Crippen molar-refractivity contribution < 1.29 is 9.32 Å². The van der Waals surface area contributed by atoms with Crippen LogP contribution in [0, 0.1) is 11.8 Å². The van der Waals surface area contributed by atoms with Crippen molar-refractivity contribution in [2.45, 2.75) is 57.8 Å². The zero-order chi connectivity index (χ0) is 18.6. The maximum Gasteiger partial charge on any atom is 0.233 e. The van der Waals surface area contributed by atoms with Gasteiger partial charge in [0.15, 0.2) is 0 Å². The van der Waals surface area contributed by atoms with Gasteiger partial charge in [0.2, 0.25) is 17.6 Å². The Bertz CT molecular complexity index is 747. The van der Waals surface area contributed by atoms with Crippen LogP contribution in [0.15, 0.2) is 28.9 Å². The van der Waals surface area contributed by atoms with E-state index in [1.165, 1.54) is 32.1 Å². The van der Waals surface area contributed by atoms with Crippen LogP contribution in [0.3, 0.4) is 0 Å². The van der Waals surface area contributed by atoms with Crippen molar-refractivity contribution in [2.24, 2.45) is 11.8 Å². The number of unbranched alkanes of at least 4 members (excludes halogenated alkanes) is 1. The fraction of sp³-hybridized carbons (Fsp3) is 0.619. The Morgan fingerprint density at radius 1 is 1.22 bits per heavy atom. The van der Waals surface area contributed by atoms with E-state index in [9.17, 15) is 4.79 Å². The third-order valence-corrected chi connectivity index (χ3v) is 6.04. The molecule has 1 saturated heterocycles. The van der Waals surface area contributed by atoms with E-state index in [2.05, 4.69) is 22.0 Å². The molecule has 4 rings (SSSR count). The summed E-state index contributed by atoms with van der Waals surface area (Å²) in [6, 6.07) is 5.62. The average Bonchev–Trinajstić information content (AvgIpc) is 3.16. The van der Waals surface area contributed by atoms with Gasteiger partial charge in [-0.3, -0.25) is 9.78 Å². The van der Waals surface area contributed by atoms with Gasteiger partial charge in [-0.15, -0.1) is 0 Å². The number of likely N-dealkylation sites (tertiary alicyclic amines) is 1. The largest absolute Gasteiger partial charge is 0.341 e. The van der Waals surface area contributed by atoms with Crippen LogP contribution in [0.2, 0.25) is 0 Å². The smallest absolute Gasteiger partial charge is 0.233 e. The number of nitrogens with zero attached hydrogens (tertiary/aromatic N) is 4. The van der Waals surface area contributed by atoms with Gasteiger partial charge in [-0.05, 0) is 43.7 Å². The molecule has 2 aliphatic rings. The molecular formula is C21H28N4O2. The Labute approximate surface area is 160 Å². The highest BCUT2D eigenvalue weighted by Gasteiger charge is 2.39. The van der Waals surface area contributed by atoms with Gasteiger partial charge in [0, 0.05) is 25.2 Å². The van der Waals surface area contributed by atoms with Gasteiger partial charge < -0.3 is 9.42 Å². The summed E-state index contributed by atoms with van der Waals surface area (Å²) in [7, 11) is 0. The van der Waals surface area contributed by atoms with Gasteiger partial charge >= 0.3 is 0 Å². The number of pyridine rings is 1. The molecule has 0 unspecified atom stereocenters. The van der Waals surface area contributed by atoms with Crippen LogP contribution in [0.5, 0.6) is 0 Å². The van der Waals surface area contributed by atoms with Crippen molar-refractivity contribution in [1.82, 2.24) is 20.0 Å². The van der Waals surface area contributed by atoms with E-state index in [1.807, 2.05) is 23.1 Å². The molecule has 0 spiro atoms. The van der Waals surface area contributed by atoms with E-state index in [1.54, 1.807) is 6.20 Å². The van der Waals surface area contributed by atoms with Gasteiger partial charge in [-0.1, -0.05) is 37.4 Å². The van der Waals surface area contributed by atoms with Crippen LogP contribution >= 0.6 is 0 Å². The molecule has 1 aliphatic carbocycles. The molecule has 1 amide bonds. The normalized spacial score (nSPS) is 23.2. The van der Waals surface area contributed by atoms with Crippen molar-refractivity contribution in [3.63, 3.8) is 0 Å². The first-order valence-corrected chi connectivity index (χ1v) is 10.3. The number of hydrogen-bond acceptors (Lipinski definition) is 5. The van der Waals surface area contributed by atoms with Gasteiger partial charge in [-0.25, -0.2) is 0 Å². The van der Waals surface area contributed by atoms with E-state index >= 15 is 0 Å². The summed E-state index contributed by atoms with van der Waals surface area (Å²) in [5.41, 5.74) is 0.708. The lowest BCUT2D eigenvalue weighted by Crippen LogP contribution is -2.51. The molecule has 0 bridgehead atoms. The summed E-state index contributed by atoms with van der Waals surface area (Å²) in [5, 5.41) is 4.03. The monoisotopic (exact) mass is 368 g/mol. The molecular weight excluding hydrogens is 340 g/mol. The maximum absolute atomic E-state index is 12.8. The first kappa shape index (κ1) is 18.1. The van der Waals surface area contributed by atoms with Crippen molar-refractivity contribution in [1.29, 1.82) is 0 Å². The van der Waals surface area contributed by atoms with Crippen LogP contribution in [0.25, 0.3) is 11.5 Å². The predicted molar refractivity (Wildman–Crippen MR) is 102 cm³/mol. The predicted octanol–water partition coefficient (Wildman–Crippen LogP) is 4.05. The lowest BCUT2D eigenvalue weighted by molar-refractivity contribution is -0.141. The highest BCUT2D eigenvalue weighted by Crippen LogP contribution is 2.35. The molecule has 1 aliphatic heterocycles. The lowest BCUT2D eigenvalue weighted by Gasteiger charge is -2.40. The van der Waals surface area contributed by atoms with Crippen LogP contribution in [0.4, 0.5) is 0 Å². The van der Waals surface area contributed by atoms with E-state index in [0.29, 0.717) is 36.4 Å². The summed E-state index contributed by atoms with van der Waals surface area (Å²) in [6.45, 7) is 3.63. The molecule has 2 aromatic rings. The molecule has 2 fully saturated rings. The highest BCUT2D eigenvalue weighted by atomic mass is 16.5. The van der Waals surface area contributed by atoms with E-state index in [-0.39, 0.29) is 11.8 Å². The Morgan fingerprint density at radius 3 is 2.74 bits per heavy atom. The molecule has 3 heterocycles. The molecule has 6 nitrogen and oxygen atoms in total. The summed E-state index contributed by atoms with van der Waals surface area (Å²) in [4.78, 5) is 23.4. The maximum atomic E-state index is 12.8. The molecule has 0 N–H and O–H groups in total. The molecule has 0 atom stereocenters. The quantitative estimate of drug-likeness (QED) is 0.769. The second-order valence-corrected chi connectivity index (χ2v) is 7.97. The average molecular weight is 368 g/mol. The molecule has 2 aromatic heterocycles. The minimum atomic E-state index is 0.153. The molecule has 144 valence electrons. The summed E-state index contributed by atoms with van der Waals surface area (Å²) < 4.78 is 5.41. The summed E-state index contributed by atoms with van der Waals surface area (Å²) in [6.07, 6.45) is 10.2. The topological polar surface area (TPSA) is 72.1 Å². The number of hydrogen-bond donors (Lipinski definition) is 0. The first-order chi connectivity index (χ1) is 13.2. The second kappa shape index (κ2) is 8.19. The van der Waals surface area contributed by atoms with Crippen molar-refractivity contribution in [3.8, 4) is 11.5 Å². The van der Waals surface area contributed by atoms with E-state index in [0.717, 1.165) is 18.8 Å². The molecule has 0 aromatic carbocycles. The van der Waals surface area contributed by atoms with Gasteiger partial charge in [0.25, 0.3) is 0 Å². The van der Waals surface area contributed by atoms with Crippen LogP contribution in [0.1, 0.15) is 63.7 Å². The number of aromatic nitrogens is 3. The minimum Gasteiger partial charge on any atom is -0.341 e. The van der Waals surface area contributed by atoms with Crippen LogP contribution in [-0.2, 0) is 4.79 Å².